The largest absolute Gasteiger partial charge is 0.497 e. The lowest BCUT2D eigenvalue weighted by Crippen LogP contribution is -2.38. The van der Waals surface area contributed by atoms with Crippen LogP contribution in [-0.4, -0.2) is 35.1 Å². The quantitative estimate of drug-likeness (QED) is 0.436. The van der Waals surface area contributed by atoms with E-state index in [2.05, 4.69) is 5.32 Å². The lowest BCUT2D eigenvalue weighted by molar-refractivity contribution is -0.114. The van der Waals surface area contributed by atoms with E-state index in [4.69, 9.17) is 9.47 Å². The number of methoxy groups -OCH3 is 2. The minimum Gasteiger partial charge on any atom is -0.497 e. The number of nitrogens with zero attached hydrogens (tertiary/aromatic N) is 1. The SMILES string of the molecule is COc1ccc(N(CC(=O)Nc2c(C)cccc2C(C)C)S(=O)(=O)c2cc(C)ccc2OC)cc1. The molecule has 0 aliphatic heterocycles. The molecule has 3 aromatic rings. The molecule has 3 rings (SSSR count). The Morgan fingerprint density at radius 2 is 1.66 bits per heavy atom. The molecule has 0 aliphatic carbocycles. The molecule has 7 nitrogen and oxygen atoms in total. The van der Waals surface area contributed by atoms with Crippen molar-refractivity contribution in [2.24, 2.45) is 0 Å². The molecule has 0 radical (unpaired) electrons. The number of rotatable bonds is 9. The molecule has 0 aliphatic rings. The van der Waals surface area contributed by atoms with Crippen molar-refractivity contribution in [3.63, 3.8) is 0 Å². The van der Waals surface area contributed by atoms with Crippen LogP contribution in [0.3, 0.4) is 0 Å². The lowest BCUT2D eigenvalue weighted by Gasteiger charge is -2.26. The molecule has 0 unspecified atom stereocenters. The average Bonchev–Trinajstić information content (AvgIpc) is 2.83. The van der Waals surface area contributed by atoms with Crippen molar-refractivity contribution in [1.82, 2.24) is 0 Å². The molecule has 8 heteroatoms. The van der Waals surface area contributed by atoms with Gasteiger partial charge in [0.15, 0.2) is 0 Å². The minimum absolute atomic E-state index is 0.0117. The summed E-state index contributed by atoms with van der Waals surface area (Å²) >= 11 is 0. The molecular formula is C27H32N2O5S. The van der Waals surface area contributed by atoms with E-state index in [0.717, 1.165) is 21.0 Å². The summed E-state index contributed by atoms with van der Waals surface area (Å²) in [5.74, 6) is 0.510. The third-order valence-electron chi connectivity index (χ3n) is 5.73. The first-order valence-corrected chi connectivity index (χ1v) is 12.7. The summed E-state index contributed by atoms with van der Waals surface area (Å²) in [5, 5.41) is 2.95. The van der Waals surface area contributed by atoms with Gasteiger partial charge in [-0.15, -0.1) is 0 Å². The Labute approximate surface area is 207 Å². The first-order valence-electron chi connectivity index (χ1n) is 11.3. The molecule has 0 atom stereocenters. The number of hydrogen-bond acceptors (Lipinski definition) is 5. The maximum absolute atomic E-state index is 13.9. The smallest absolute Gasteiger partial charge is 0.268 e. The fourth-order valence-corrected chi connectivity index (χ4v) is 5.48. The minimum atomic E-state index is -4.16. The van der Waals surface area contributed by atoms with Crippen molar-refractivity contribution in [1.29, 1.82) is 0 Å². The molecule has 0 fully saturated rings. The van der Waals surface area contributed by atoms with E-state index in [1.807, 2.05) is 39.0 Å². The van der Waals surface area contributed by atoms with Crippen LogP contribution in [0.1, 0.15) is 36.5 Å². The second kappa shape index (κ2) is 10.8. The molecular weight excluding hydrogens is 464 g/mol. The summed E-state index contributed by atoms with van der Waals surface area (Å²) in [6.45, 7) is 7.38. The number of hydrogen-bond donors (Lipinski definition) is 1. The Morgan fingerprint density at radius 1 is 0.971 bits per heavy atom. The molecule has 35 heavy (non-hydrogen) atoms. The van der Waals surface area contributed by atoms with Crippen molar-refractivity contribution in [3.8, 4) is 11.5 Å². The summed E-state index contributed by atoms with van der Waals surface area (Å²) in [6.07, 6.45) is 0. The number of sulfonamides is 1. The Bertz CT molecular complexity index is 1300. The summed E-state index contributed by atoms with van der Waals surface area (Å²) in [6, 6.07) is 17.3. The third kappa shape index (κ3) is 5.77. The number of anilines is 2. The lowest BCUT2D eigenvalue weighted by atomic mass is 9.98. The van der Waals surface area contributed by atoms with Gasteiger partial charge >= 0.3 is 0 Å². The van der Waals surface area contributed by atoms with Gasteiger partial charge in [0.25, 0.3) is 10.0 Å². The van der Waals surface area contributed by atoms with E-state index in [0.29, 0.717) is 17.1 Å². The van der Waals surface area contributed by atoms with Crippen LogP contribution in [0.5, 0.6) is 11.5 Å². The van der Waals surface area contributed by atoms with Crippen LogP contribution < -0.4 is 19.1 Å². The average molecular weight is 497 g/mol. The number of amides is 1. The number of carbonyl (C=O) groups is 1. The van der Waals surface area contributed by atoms with E-state index >= 15 is 0 Å². The monoisotopic (exact) mass is 496 g/mol. The van der Waals surface area contributed by atoms with Gasteiger partial charge in [-0.25, -0.2) is 8.42 Å². The fourth-order valence-electron chi connectivity index (χ4n) is 3.82. The van der Waals surface area contributed by atoms with E-state index in [-0.39, 0.29) is 16.6 Å². The zero-order valence-electron chi connectivity index (χ0n) is 21.0. The number of nitrogens with one attached hydrogen (secondary N) is 1. The predicted octanol–water partition coefficient (Wildman–Crippen LogP) is 5.28. The molecule has 0 saturated carbocycles. The second-order valence-electron chi connectivity index (χ2n) is 8.61. The molecule has 0 bridgehead atoms. The Hall–Kier alpha value is -3.52. The van der Waals surface area contributed by atoms with Crippen LogP contribution in [-0.2, 0) is 14.8 Å². The summed E-state index contributed by atoms with van der Waals surface area (Å²) in [4.78, 5) is 13.3. The van der Waals surface area contributed by atoms with E-state index < -0.39 is 22.5 Å². The number of para-hydroxylation sites is 1. The van der Waals surface area contributed by atoms with E-state index in [9.17, 15) is 13.2 Å². The topological polar surface area (TPSA) is 84.9 Å². The number of aryl methyl sites for hydroxylation is 2. The van der Waals surface area contributed by atoms with Crippen LogP contribution >= 0.6 is 0 Å². The first kappa shape index (κ1) is 26.1. The van der Waals surface area contributed by atoms with Gasteiger partial charge in [0.1, 0.15) is 22.9 Å². The first-order chi connectivity index (χ1) is 16.6. The fraction of sp³-hybridized carbons (Fsp3) is 0.296. The van der Waals surface area contributed by atoms with Crippen LogP contribution in [0.25, 0.3) is 0 Å². The van der Waals surface area contributed by atoms with E-state index in [1.54, 1.807) is 49.4 Å². The Balaban J connectivity index is 2.05. The van der Waals surface area contributed by atoms with Crippen LogP contribution in [0.4, 0.5) is 11.4 Å². The normalized spacial score (nSPS) is 11.3. The van der Waals surface area contributed by atoms with Crippen LogP contribution in [0, 0.1) is 13.8 Å². The van der Waals surface area contributed by atoms with Gasteiger partial charge in [-0.05, 0) is 72.9 Å². The van der Waals surface area contributed by atoms with Gasteiger partial charge in [-0.1, -0.05) is 38.1 Å². The van der Waals surface area contributed by atoms with Gasteiger partial charge in [-0.3, -0.25) is 9.10 Å². The molecule has 0 saturated heterocycles. The van der Waals surface area contributed by atoms with Gasteiger partial charge in [0, 0.05) is 5.69 Å². The second-order valence-corrected chi connectivity index (χ2v) is 10.4. The number of ether oxygens (including phenoxy) is 2. The predicted molar refractivity (Wildman–Crippen MR) is 139 cm³/mol. The zero-order valence-corrected chi connectivity index (χ0v) is 21.8. The third-order valence-corrected chi connectivity index (χ3v) is 7.52. The van der Waals surface area contributed by atoms with Gasteiger partial charge in [-0.2, -0.15) is 0 Å². The van der Waals surface area contributed by atoms with Gasteiger partial charge in [0.05, 0.1) is 19.9 Å². The molecule has 0 spiro atoms. The highest BCUT2D eigenvalue weighted by Crippen LogP contribution is 2.32. The Morgan fingerprint density at radius 3 is 2.26 bits per heavy atom. The van der Waals surface area contributed by atoms with E-state index in [1.165, 1.54) is 14.2 Å². The van der Waals surface area contributed by atoms with Crippen molar-refractivity contribution < 1.29 is 22.7 Å². The molecule has 3 aromatic carbocycles. The highest BCUT2D eigenvalue weighted by atomic mass is 32.2. The maximum atomic E-state index is 13.9. The number of benzene rings is 3. The maximum Gasteiger partial charge on any atom is 0.268 e. The highest BCUT2D eigenvalue weighted by molar-refractivity contribution is 7.93. The molecule has 1 amide bonds. The van der Waals surface area contributed by atoms with Crippen LogP contribution in [0.15, 0.2) is 65.6 Å². The molecule has 1 N–H and O–H groups in total. The van der Waals surface area contributed by atoms with Crippen molar-refractivity contribution in [2.45, 2.75) is 38.5 Å². The summed E-state index contributed by atoms with van der Waals surface area (Å²) in [5.41, 5.74) is 3.68. The highest BCUT2D eigenvalue weighted by Gasteiger charge is 2.30. The van der Waals surface area contributed by atoms with Crippen LogP contribution in [0.2, 0.25) is 0 Å². The molecule has 0 aromatic heterocycles. The molecule has 186 valence electrons. The summed E-state index contributed by atoms with van der Waals surface area (Å²) < 4.78 is 39.4. The summed E-state index contributed by atoms with van der Waals surface area (Å²) in [7, 11) is -1.21. The van der Waals surface area contributed by atoms with Gasteiger partial charge < -0.3 is 14.8 Å². The van der Waals surface area contributed by atoms with Gasteiger partial charge in [0.2, 0.25) is 5.91 Å². The van der Waals surface area contributed by atoms with Crippen molar-refractivity contribution in [2.75, 3.05) is 30.4 Å². The Kier molecular flexibility index (Phi) is 8.07. The number of carbonyl (C=O) groups excluding carboxylic acids is 1. The van der Waals surface area contributed by atoms with Crippen molar-refractivity contribution >= 4 is 27.3 Å². The standard InChI is InChI=1S/C27H32N2O5S/c1-18(2)23-9-7-8-20(4)27(23)28-26(30)17-29(21-11-13-22(33-5)14-12-21)35(31,32)25-16-19(3)10-15-24(25)34-6/h7-16,18H,17H2,1-6H3,(H,28,30). The molecule has 0 heterocycles. The van der Waals surface area contributed by atoms with Crippen molar-refractivity contribution in [3.05, 3.63) is 77.4 Å². The zero-order chi connectivity index (χ0) is 25.8.